The van der Waals surface area contributed by atoms with Crippen molar-refractivity contribution in [3.05, 3.63) is 0 Å². The Labute approximate surface area is 108 Å². The van der Waals surface area contributed by atoms with Crippen molar-refractivity contribution < 1.29 is 18.3 Å². The number of nitrogens with one attached hydrogen (secondary N) is 1. The lowest BCUT2D eigenvalue weighted by atomic mass is 9.87. The summed E-state index contributed by atoms with van der Waals surface area (Å²) in [5, 5.41) is 12.2. The summed E-state index contributed by atoms with van der Waals surface area (Å²) >= 11 is 0. The number of hydrogen-bond donors (Lipinski definition) is 2. The molecule has 0 aromatic carbocycles. The molecule has 1 saturated carbocycles. The second-order valence-electron chi connectivity index (χ2n) is 5.52. The Morgan fingerprint density at radius 2 is 1.83 bits per heavy atom. The van der Waals surface area contributed by atoms with Crippen molar-refractivity contribution in [2.75, 3.05) is 18.1 Å². The van der Waals surface area contributed by atoms with E-state index in [1.165, 1.54) is 0 Å². The van der Waals surface area contributed by atoms with E-state index < -0.39 is 9.84 Å². The molecule has 18 heavy (non-hydrogen) atoms. The number of aliphatic hydroxyl groups is 1. The monoisotopic (exact) mass is 275 g/mol. The van der Waals surface area contributed by atoms with Gasteiger partial charge in [-0.2, -0.15) is 0 Å². The molecule has 0 radical (unpaired) electrons. The smallest absolute Gasteiger partial charge is 0.224 e. The zero-order valence-electron chi connectivity index (χ0n) is 10.5. The normalized spacial score (nSPS) is 35.3. The highest BCUT2D eigenvalue weighted by Crippen LogP contribution is 2.24. The van der Waals surface area contributed by atoms with Crippen molar-refractivity contribution in [2.45, 2.75) is 38.2 Å². The fraction of sp³-hybridized carbons (Fsp3) is 0.917. The standard InChI is InChI=1S/C12H21NO4S/c14-11-3-1-9(2-4-11)7-13-12(15)10-5-6-18(16,17)8-10/h9-11,14H,1-8H2,(H,13,15). The molecule has 1 unspecified atom stereocenters. The topological polar surface area (TPSA) is 83.5 Å². The van der Waals surface area contributed by atoms with E-state index in [0.29, 0.717) is 18.9 Å². The summed E-state index contributed by atoms with van der Waals surface area (Å²) in [6.45, 7) is 0.613. The lowest BCUT2D eigenvalue weighted by molar-refractivity contribution is -0.124. The van der Waals surface area contributed by atoms with Crippen LogP contribution in [0.25, 0.3) is 0 Å². The summed E-state index contributed by atoms with van der Waals surface area (Å²) in [6.07, 6.45) is 3.75. The molecule has 0 aromatic heterocycles. The summed E-state index contributed by atoms with van der Waals surface area (Å²) in [5.74, 6) is 0.0878. The Kier molecular flexibility index (Phi) is 4.27. The fourth-order valence-electron chi connectivity index (χ4n) is 2.74. The van der Waals surface area contributed by atoms with Crippen LogP contribution in [0.2, 0.25) is 0 Å². The van der Waals surface area contributed by atoms with E-state index in [4.69, 9.17) is 0 Å². The molecule has 1 aliphatic carbocycles. The minimum Gasteiger partial charge on any atom is -0.393 e. The molecule has 104 valence electrons. The number of hydrogen-bond acceptors (Lipinski definition) is 4. The second kappa shape index (κ2) is 5.57. The van der Waals surface area contributed by atoms with Crippen LogP contribution in [0.4, 0.5) is 0 Å². The first-order valence-electron chi connectivity index (χ1n) is 6.62. The lowest BCUT2D eigenvalue weighted by Gasteiger charge is -2.25. The number of carbonyl (C=O) groups is 1. The second-order valence-corrected chi connectivity index (χ2v) is 7.75. The van der Waals surface area contributed by atoms with Gasteiger partial charge < -0.3 is 10.4 Å². The molecule has 2 aliphatic rings. The Hall–Kier alpha value is -0.620. The highest BCUT2D eigenvalue weighted by molar-refractivity contribution is 7.91. The molecular weight excluding hydrogens is 254 g/mol. The van der Waals surface area contributed by atoms with Crippen LogP contribution in [0.5, 0.6) is 0 Å². The molecule has 1 heterocycles. The van der Waals surface area contributed by atoms with Gasteiger partial charge in [0.1, 0.15) is 0 Å². The van der Waals surface area contributed by atoms with Gasteiger partial charge in [-0.05, 0) is 38.0 Å². The summed E-state index contributed by atoms with van der Waals surface area (Å²) in [6, 6.07) is 0. The first-order chi connectivity index (χ1) is 8.46. The van der Waals surface area contributed by atoms with Crippen molar-refractivity contribution in [1.82, 2.24) is 5.32 Å². The van der Waals surface area contributed by atoms with E-state index in [9.17, 15) is 18.3 Å². The third-order valence-corrected chi connectivity index (χ3v) is 5.75. The van der Waals surface area contributed by atoms with Crippen LogP contribution >= 0.6 is 0 Å². The van der Waals surface area contributed by atoms with Crippen molar-refractivity contribution >= 4 is 15.7 Å². The summed E-state index contributed by atoms with van der Waals surface area (Å²) in [7, 11) is -2.98. The lowest BCUT2D eigenvalue weighted by Crippen LogP contribution is -2.36. The molecule has 1 atom stereocenters. The van der Waals surface area contributed by atoms with Crippen LogP contribution in [0.15, 0.2) is 0 Å². The van der Waals surface area contributed by atoms with Crippen LogP contribution < -0.4 is 5.32 Å². The molecule has 5 nitrogen and oxygen atoms in total. The van der Waals surface area contributed by atoms with Gasteiger partial charge in [-0.15, -0.1) is 0 Å². The van der Waals surface area contributed by atoms with Gasteiger partial charge >= 0.3 is 0 Å². The van der Waals surface area contributed by atoms with Crippen LogP contribution in [-0.2, 0) is 14.6 Å². The van der Waals surface area contributed by atoms with Gasteiger partial charge in [0.25, 0.3) is 0 Å². The zero-order chi connectivity index (χ0) is 13.2. The average Bonchev–Trinajstić information content (AvgIpc) is 2.69. The fourth-order valence-corrected chi connectivity index (χ4v) is 4.48. The summed E-state index contributed by atoms with van der Waals surface area (Å²) in [5.41, 5.74) is 0. The highest BCUT2D eigenvalue weighted by atomic mass is 32.2. The molecule has 0 spiro atoms. The van der Waals surface area contributed by atoms with Crippen molar-refractivity contribution in [3.63, 3.8) is 0 Å². The van der Waals surface area contributed by atoms with Gasteiger partial charge in [-0.3, -0.25) is 4.79 Å². The number of aliphatic hydroxyl groups excluding tert-OH is 1. The predicted octanol–water partition coefficient (Wildman–Crippen LogP) is 0.0884. The third-order valence-electron chi connectivity index (χ3n) is 3.98. The van der Waals surface area contributed by atoms with Gasteiger partial charge in [-0.25, -0.2) is 8.42 Å². The van der Waals surface area contributed by atoms with E-state index >= 15 is 0 Å². The molecule has 1 aliphatic heterocycles. The van der Waals surface area contributed by atoms with Gasteiger partial charge in [0, 0.05) is 6.54 Å². The SMILES string of the molecule is O=C(NCC1CCC(O)CC1)C1CCS(=O)(=O)C1. The minimum atomic E-state index is -2.98. The van der Waals surface area contributed by atoms with Crippen LogP contribution in [0, 0.1) is 11.8 Å². The van der Waals surface area contributed by atoms with Crippen LogP contribution in [-0.4, -0.2) is 43.6 Å². The third kappa shape index (κ3) is 3.68. The van der Waals surface area contributed by atoms with Crippen molar-refractivity contribution in [3.8, 4) is 0 Å². The van der Waals surface area contributed by atoms with E-state index in [1.54, 1.807) is 0 Å². The predicted molar refractivity (Wildman–Crippen MR) is 67.7 cm³/mol. The van der Waals surface area contributed by atoms with Crippen molar-refractivity contribution in [1.29, 1.82) is 0 Å². The minimum absolute atomic E-state index is 0.00220. The molecule has 1 saturated heterocycles. The maximum atomic E-state index is 11.8. The van der Waals surface area contributed by atoms with Crippen molar-refractivity contribution in [2.24, 2.45) is 11.8 Å². The molecule has 1 amide bonds. The van der Waals surface area contributed by atoms with E-state index in [0.717, 1.165) is 25.7 Å². The Bertz CT molecular complexity index is 398. The zero-order valence-corrected chi connectivity index (χ0v) is 11.3. The molecule has 0 bridgehead atoms. The highest BCUT2D eigenvalue weighted by Gasteiger charge is 2.33. The quantitative estimate of drug-likeness (QED) is 0.764. The van der Waals surface area contributed by atoms with Crippen LogP contribution in [0.3, 0.4) is 0 Å². The Balaban J connectivity index is 1.72. The summed E-state index contributed by atoms with van der Waals surface area (Å²) < 4.78 is 22.6. The summed E-state index contributed by atoms with van der Waals surface area (Å²) in [4.78, 5) is 11.8. The van der Waals surface area contributed by atoms with Crippen LogP contribution in [0.1, 0.15) is 32.1 Å². The largest absolute Gasteiger partial charge is 0.393 e. The van der Waals surface area contributed by atoms with Gasteiger partial charge in [0.2, 0.25) is 5.91 Å². The van der Waals surface area contributed by atoms with Gasteiger partial charge in [0.05, 0.1) is 23.5 Å². The van der Waals surface area contributed by atoms with E-state index in [-0.39, 0.29) is 29.4 Å². The maximum Gasteiger partial charge on any atom is 0.224 e. The number of rotatable bonds is 3. The molecule has 2 N–H and O–H groups in total. The van der Waals surface area contributed by atoms with E-state index in [1.807, 2.05) is 0 Å². The average molecular weight is 275 g/mol. The molecule has 0 aromatic rings. The van der Waals surface area contributed by atoms with Gasteiger partial charge in [0.15, 0.2) is 9.84 Å². The number of amides is 1. The number of carbonyl (C=O) groups excluding carboxylic acids is 1. The van der Waals surface area contributed by atoms with E-state index in [2.05, 4.69) is 5.32 Å². The molecule has 2 rings (SSSR count). The first-order valence-corrected chi connectivity index (χ1v) is 8.44. The Morgan fingerprint density at radius 1 is 1.17 bits per heavy atom. The first kappa shape index (κ1) is 13.8. The molecular formula is C12H21NO4S. The van der Waals surface area contributed by atoms with Gasteiger partial charge in [-0.1, -0.05) is 0 Å². The molecule has 6 heteroatoms. The number of sulfone groups is 1. The maximum absolute atomic E-state index is 11.8. The molecule has 2 fully saturated rings. The Morgan fingerprint density at radius 3 is 2.39 bits per heavy atom.